The van der Waals surface area contributed by atoms with Crippen molar-refractivity contribution < 1.29 is 31.9 Å². The number of carboxylic acid groups (broad SMARTS) is 1. The van der Waals surface area contributed by atoms with Gasteiger partial charge in [-0.15, -0.1) is 0 Å². The van der Waals surface area contributed by atoms with E-state index in [4.69, 9.17) is 16.7 Å². The summed E-state index contributed by atoms with van der Waals surface area (Å²) >= 11 is 6.09. The van der Waals surface area contributed by atoms with Gasteiger partial charge in [-0.2, -0.15) is 27.1 Å². The first-order valence-electron chi connectivity index (χ1n) is 7.54. The molecule has 6 nitrogen and oxygen atoms in total. The lowest BCUT2D eigenvalue weighted by atomic mass is 10.1. The Kier molecular flexibility index (Phi) is 5.64. The zero-order chi connectivity index (χ0) is 20.6. The Labute approximate surface area is 155 Å². The van der Waals surface area contributed by atoms with E-state index in [1.165, 1.54) is 16.9 Å². The lowest BCUT2D eigenvalue weighted by Crippen LogP contribution is -2.42. The number of aromatic carboxylic acids is 1. The van der Waals surface area contributed by atoms with Gasteiger partial charge in [-0.25, -0.2) is 9.78 Å². The number of carboxylic acids is 1. The molecule has 0 amide bonds. The summed E-state index contributed by atoms with van der Waals surface area (Å²) in [7, 11) is 0. The Morgan fingerprint density at radius 1 is 1.33 bits per heavy atom. The van der Waals surface area contributed by atoms with Crippen molar-refractivity contribution in [2.45, 2.75) is 32.5 Å². The minimum atomic E-state index is -5.68. The number of hydrogen-bond acceptors (Lipinski definition) is 4. The van der Waals surface area contributed by atoms with Crippen LogP contribution in [0.4, 0.5) is 27.8 Å². The number of pyridine rings is 1. The molecule has 0 aliphatic rings. The molecule has 0 unspecified atom stereocenters. The van der Waals surface area contributed by atoms with Crippen LogP contribution in [0.1, 0.15) is 23.0 Å². The van der Waals surface area contributed by atoms with Crippen LogP contribution in [-0.4, -0.2) is 44.5 Å². The topological polar surface area (TPSA) is 80.0 Å². The van der Waals surface area contributed by atoms with Crippen LogP contribution in [0.25, 0.3) is 11.3 Å². The molecule has 148 valence electrons. The fraction of sp³-hybridized carbons (Fsp3) is 0.400. The monoisotopic (exact) mass is 412 g/mol. The van der Waals surface area contributed by atoms with Gasteiger partial charge in [0.15, 0.2) is 5.69 Å². The van der Waals surface area contributed by atoms with E-state index in [0.717, 1.165) is 0 Å². The van der Waals surface area contributed by atoms with E-state index in [1.807, 2.05) is 5.32 Å². The van der Waals surface area contributed by atoms with Crippen molar-refractivity contribution in [2.75, 3.05) is 11.9 Å². The fourth-order valence-electron chi connectivity index (χ4n) is 2.27. The molecular weight excluding hydrogens is 399 g/mol. The number of halogens is 6. The van der Waals surface area contributed by atoms with Gasteiger partial charge in [-0.1, -0.05) is 11.6 Å². The van der Waals surface area contributed by atoms with Crippen LogP contribution in [-0.2, 0) is 6.54 Å². The van der Waals surface area contributed by atoms with Gasteiger partial charge in [-0.05, 0) is 25.5 Å². The van der Waals surface area contributed by atoms with Crippen LogP contribution in [0, 0.1) is 6.92 Å². The molecule has 27 heavy (non-hydrogen) atoms. The second-order valence-corrected chi connectivity index (χ2v) is 5.95. The van der Waals surface area contributed by atoms with Gasteiger partial charge in [0.25, 0.3) is 0 Å². The van der Waals surface area contributed by atoms with Crippen molar-refractivity contribution in [3.63, 3.8) is 0 Å². The van der Waals surface area contributed by atoms with Crippen LogP contribution >= 0.6 is 11.6 Å². The van der Waals surface area contributed by atoms with Crippen molar-refractivity contribution >= 4 is 23.4 Å². The fourth-order valence-corrected chi connectivity index (χ4v) is 2.58. The highest BCUT2D eigenvalue weighted by Gasteiger charge is 2.57. The lowest BCUT2D eigenvalue weighted by Gasteiger charge is -2.20. The average Bonchev–Trinajstić information content (AvgIpc) is 2.89. The molecule has 0 aliphatic heterocycles. The van der Waals surface area contributed by atoms with Crippen LogP contribution < -0.4 is 5.32 Å². The molecule has 0 aromatic carbocycles. The van der Waals surface area contributed by atoms with Crippen molar-refractivity contribution in [1.29, 1.82) is 0 Å². The summed E-state index contributed by atoms with van der Waals surface area (Å²) in [6.07, 6.45) is -4.48. The third-order valence-electron chi connectivity index (χ3n) is 3.67. The van der Waals surface area contributed by atoms with E-state index in [0.29, 0.717) is 17.7 Å². The second-order valence-electron chi connectivity index (χ2n) is 5.57. The highest BCUT2D eigenvalue weighted by atomic mass is 35.5. The van der Waals surface area contributed by atoms with Crippen molar-refractivity contribution in [1.82, 2.24) is 14.8 Å². The summed E-state index contributed by atoms with van der Waals surface area (Å²) in [6, 6.07) is 1.26. The quantitative estimate of drug-likeness (QED) is 0.694. The zero-order valence-corrected chi connectivity index (χ0v) is 14.8. The van der Waals surface area contributed by atoms with Gasteiger partial charge in [0.2, 0.25) is 0 Å². The first kappa shape index (κ1) is 20.9. The number of aromatic nitrogens is 3. The molecule has 12 heteroatoms. The molecular formula is C15H14ClF5N4O2. The molecule has 2 aromatic rings. The third kappa shape index (κ3) is 4.12. The van der Waals surface area contributed by atoms with Gasteiger partial charge >= 0.3 is 18.1 Å². The van der Waals surface area contributed by atoms with Crippen LogP contribution in [0.2, 0.25) is 5.02 Å². The molecule has 0 saturated heterocycles. The van der Waals surface area contributed by atoms with Crippen molar-refractivity contribution in [3.8, 4) is 11.3 Å². The van der Waals surface area contributed by atoms with Crippen LogP contribution in [0.15, 0.2) is 12.3 Å². The summed E-state index contributed by atoms with van der Waals surface area (Å²) in [5.74, 6) is -6.44. The molecule has 0 aliphatic carbocycles. The SMILES string of the molecule is CCn1nc(C(=O)O)c(Cl)c1-c1cnc(NCC(F)(F)C(F)(F)F)cc1C. The van der Waals surface area contributed by atoms with Crippen LogP contribution in [0.3, 0.4) is 0 Å². The molecule has 0 radical (unpaired) electrons. The molecule has 2 rings (SSSR count). The number of nitrogens with one attached hydrogen (secondary N) is 1. The number of alkyl halides is 5. The number of rotatable bonds is 6. The number of hydrogen-bond donors (Lipinski definition) is 2. The van der Waals surface area contributed by atoms with E-state index >= 15 is 0 Å². The van der Waals surface area contributed by atoms with Crippen molar-refractivity contribution in [3.05, 3.63) is 28.5 Å². The maximum absolute atomic E-state index is 13.0. The minimum Gasteiger partial charge on any atom is -0.476 e. The highest BCUT2D eigenvalue weighted by Crippen LogP contribution is 2.36. The standard InChI is InChI=1S/C15H14ClF5N4O2/c1-3-25-12(10(16)11(24-25)13(26)27)8-5-22-9(4-7(8)2)23-6-14(17,18)15(19,20)21/h4-5H,3,6H2,1-2H3,(H,22,23)(H,26,27). The molecule has 2 N–H and O–H groups in total. The first-order valence-corrected chi connectivity index (χ1v) is 7.92. The van der Waals surface area contributed by atoms with Gasteiger partial charge in [0, 0.05) is 18.3 Å². The Morgan fingerprint density at radius 2 is 1.96 bits per heavy atom. The van der Waals surface area contributed by atoms with E-state index in [1.54, 1.807) is 13.8 Å². The largest absolute Gasteiger partial charge is 0.476 e. The third-order valence-corrected chi connectivity index (χ3v) is 4.03. The Bertz CT molecular complexity index is 867. The van der Waals surface area contributed by atoms with Gasteiger partial charge < -0.3 is 10.4 Å². The van der Waals surface area contributed by atoms with Crippen molar-refractivity contribution in [2.24, 2.45) is 0 Å². The molecule has 2 heterocycles. The second kappa shape index (κ2) is 7.29. The van der Waals surface area contributed by atoms with Gasteiger partial charge in [0.1, 0.15) is 10.8 Å². The maximum Gasteiger partial charge on any atom is 0.455 e. The van der Waals surface area contributed by atoms with Gasteiger partial charge in [-0.3, -0.25) is 4.68 Å². The van der Waals surface area contributed by atoms with Crippen LogP contribution in [0.5, 0.6) is 0 Å². The summed E-state index contributed by atoms with van der Waals surface area (Å²) in [5, 5.41) is 14.8. The number of aryl methyl sites for hydroxylation is 2. The smallest absolute Gasteiger partial charge is 0.455 e. The number of carbonyl (C=O) groups is 1. The predicted octanol–water partition coefficient (Wildman–Crippen LogP) is 4.23. The summed E-state index contributed by atoms with van der Waals surface area (Å²) in [4.78, 5) is 15.0. The molecule has 0 fully saturated rings. The van der Waals surface area contributed by atoms with Gasteiger partial charge in [0.05, 0.1) is 12.2 Å². The van der Waals surface area contributed by atoms with E-state index in [-0.39, 0.29) is 22.2 Å². The maximum atomic E-state index is 13.0. The minimum absolute atomic E-state index is 0.126. The van der Waals surface area contributed by atoms with E-state index in [2.05, 4.69) is 10.1 Å². The molecule has 0 atom stereocenters. The molecule has 2 aromatic heterocycles. The molecule has 0 saturated carbocycles. The molecule has 0 bridgehead atoms. The summed E-state index contributed by atoms with van der Waals surface area (Å²) < 4.78 is 64.0. The van der Waals surface area contributed by atoms with E-state index < -0.39 is 24.6 Å². The summed E-state index contributed by atoms with van der Waals surface area (Å²) in [6.45, 7) is 1.88. The number of anilines is 1. The zero-order valence-electron chi connectivity index (χ0n) is 14.0. The van der Waals surface area contributed by atoms with E-state index in [9.17, 15) is 26.7 Å². The normalized spacial score (nSPS) is 12.3. The average molecular weight is 413 g/mol. The Morgan fingerprint density at radius 3 is 2.44 bits per heavy atom. The Balaban J connectivity index is 2.35. The Hall–Kier alpha value is -2.43. The summed E-state index contributed by atoms with van der Waals surface area (Å²) in [5.41, 5.74) is 0.694. The predicted molar refractivity (Wildman–Crippen MR) is 87.3 cm³/mol. The highest BCUT2D eigenvalue weighted by molar-refractivity contribution is 6.35. The molecule has 0 spiro atoms. The first-order chi connectivity index (χ1) is 12.4. The lowest BCUT2D eigenvalue weighted by molar-refractivity contribution is -0.275. The number of nitrogens with zero attached hydrogens (tertiary/aromatic N) is 3.